The molecule has 3 rings (SSSR count). The average Bonchev–Trinajstić information content (AvgIpc) is 2.65. The lowest BCUT2D eigenvalue weighted by atomic mass is 9.97. The summed E-state index contributed by atoms with van der Waals surface area (Å²) in [5, 5.41) is 0. The smallest absolute Gasteiger partial charge is 0.167 e. The van der Waals surface area contributed by atoms with Crippen molar-refractivity contribution in [2.75, 3.05) is 0 Å². The maximum Gasteiger partial charge on any atom is 0.167 e. The molecule has 0 fully saturated rings. The first kappa shape index (κ1) is 17.8. The van der Waals surface area contributed by atoms with Crippen molar-refractivity contribution in [3.63, 3.8) is 0 Å². The van der Waals surface area contributed by atoms with Crippen molar-refractivity contribution >= 4 is 11.6 Å². The van der Waals surface area contributed by atoms with Gasteiger partial charge in [0.15, 0.2) is 11.6 Å². The molecule has 0 aromatic heterocycles. The molecule has 0 aliphatic carbocycles. The van der Waals surface area contributed by atoms with E-state index in [2.05, 4.69) is 0 Å². The molecule has 0 N–H and O–H groups in total. The highest BCUT2D eigenvalue weighted by Gasteiger charge is 2.12. The highest BCUT2D eigenvalue weighted by molar-refractivity contribution is 6.02. The topological polar surface area (TPSA) is 34.1 Å². The third-order valence-corrected chi connectivity index (χ3v) is 4.48. The molecule has 0 amide bonds. The molecule has 0 bridgehead atoms. The molecule has 0 aliphatic heterocycles. The van der Waals surface area contributed by atoms with Crippen LogP contribution in [0.25, 0.3) is 0 Å². The van der Waals surface area contributed by atoms with Gasteiger partial charge in [0.1, 0.15) is 0 Å². The molecule has 2 nitrogen and oxygen atoms in total. The van der Waals surface area contributed by atoms with Gasteiger partial charge in [-0.3, -0.25) is 9.59 Å². The molecule has 0 spiro atoms. The second kappa shape index (κ2) is 7.92. The third kappa shape index (κ3) is 4.54. The monoisotopic (exact) mass is 342 g/mol. The molecule has 3 aromatic rings. The first-order chi connectivity index (χ1) is 12.5. The molecule has 0 unspecified atom stereocenters. The largest absolute Gasteiger partial charge is 0.294 e. The van der Waals surface area contributed by atoms with Gasteiger partial charge in [-0.1, -0.05) is 77.9 Å². The van der Waals surface area contributed by atoms with Crippen molar-refractivity contribution in [2.24, 2.45) is 0 Å². The molecule has 0 atom stereocenters. The number of carbonyl (C=O) groups excluding carboxylic acids is 2. The van der Waals surface area contributed by atoms with Gasteiger partial charge >= 0.3 is 0 Å². The van der Waals surface area contributed by atoms with Gasteiger partial charge in [0.25, 0.3) is 0 Å². The quantitative estimate of drug-likeness (QED) is 0.580. The zero-order valence-electron chi connectivity index (χ0n) is 15.2. The van der Waals surface area contributed by atoms with Crippen molar-refractivity contribution in [1.82, 2.24) is 0 Å². The molecule has 26 heavy (non-hydrogen) atoms. The van der Waals surface area contributed by atoms with Crippen molar-refractivity contribution in [3.8, 4) is 0 Å². The van der Waals surface area contributed by atoms with Crippen LogP contribution in [0.3, 0.4) is 0 Å². The fourth-order valence-electron chi connectivity index (χ4n) is 2.85. The molecule has 0 aliphatic rings. The number of benzene rings is 3. The Balaban J connectivity index is 1.72. The van der Waals surface area contributed by atoms with Crippen LogP contribution in [0, 0.1) is 13.8 Å². The maximum absolute atomic E-state index is 12.6. The average molecular weight is 342 g/mol. The molecule has 130 valence electrons. The lowest BCUT2D eigenvalue weighted by molar-refractivity contribution is 0.0992. The fourth-order valence-corrected chi connectivity index (χ4v) is 2.85. The van der Waals surface area contributed by atoms with Crippen LogP contribution in [0.15, 0.2) is 72.8 Å². The Bertz CT molecular complexity index is 844. The standard InChI is InChI=1S/C24H22O2/c1-17-6-10-19(11-7-17)14-23(25)21-4-3-5-22(16-21)24(26)15-20-12-8-18(2)9-13-20/h3-13,16H,14-15H2,1-2H3. The van der Waals surface area contributed by atoms with Crippen LogP contribution in [-0.4, -0.2) is 11.6 Å². The normalized spacial score (nSPS) is 10.5. The highest BCUT2D eigenvalue weighted by atomic mass is 16.1. The summed E-state index contributed by atoms with van der Waals surface area (Å²) in [7, 11) is 0. The molecule has 3 aromatic carbocycles. The van der Waals surface area contributed by atoms with E-state index in [9.17, 15) is 9.59 Å². The second-order valence-corrected chi connectivity index (χ2v) is 6.75. The summed E-state index contributed by atoms with van der Waals surface area (Å²) >= 11 is 0. The van der Waals surface area contributed by atoms with E-state index in [1.54, 1.807) is 24.3 Å². The summed E-state index contributed by atoms with van der Waals surface area (Å²) in [5.74, 6) is 0.0534. The van der Waals surface area contributed by atoms with Crippen LogP contribution in [-0.2, 0) is 12.8 Å². The van der Waals surface area contributed by atoms with Gasteiger partial charge in [0.2, 0.25) is 0 Å². The van der Waals surface area contributed by atoms with Crippen LogP contribution in [0.2, 0.25) is 0 Å². The minimum absolute atomic E-state index is 0.0267. The van der Waals surface area contributed by atoms with E-state index in [4.69, 9.17) is 0 Å². The van der Waals surface area contributed by atoms with Crippen LogP contribution in [0.1, 0.15) is 43.0 Å². The number of Topliss-reactive ketones (excluding diaryl/α,β-unsaturated/α-hetero) is 2. The predicted molar refractivity (Wildman–Crippen MR) is 105 cm³/mol. The number of hydrogen-bond donors (Lipinski definition) is 0. The van der Waals surface area contributed by atoms with Crippen molar-refractivity contribution in [2.45, 2.75) is 26.7 Å². The molecular weight excluding hydrogens is 320 g/mol. The van der Waals surface area contributed by atoms with E-state index >= 15 is 0 Å². The Labute approximate surface area is 154 Å². The van der Waals surface area contributed by atoms with E-state index < -0.39 is 0 Å². The minimum atomic E-state index is 0.0267. The SMILES string of the molecule is Cc1ccc(CC(=O)c2cccc(C(=O)Cc3ccc(C)cc3)c2)cc1. The summed E-state index contributed by atoms with van der Waals surface area (Å²) < 4.78 is 0. The van der Waals surface area contributed by atoms with Gasteiger partial charge in [-0.15, -0.1) is 0 Å². The first-order valence-corrected chi connectivity index (χ1v) is 8.79. The van der Waals surface area contributed by atoms with Crippen LogP contribution in [0.5, 0.6) is 0 Å². The van der Waals surface area contributed by atoms with E-state index in [0.717, 1.165) is 11.1 Å². The zero-order valence-corrected chi connectivity index (χ0v) is 15.2. The summed E-state index contributed by atoms with van der Waals surface area (Å²) in [6.07, 6.45) is 0.686. The number of carbonyl (C=O) groups is 2. The van der Waals surface area contributed by atoms with E-state index in [-0.39, 0.29) is 11.6 Å². The van der Waals surface area contributed by atoms with E-state index in [1.165, 1.54) is 11.1 Å². The Hall–Kier alpha value is -3.00. The van der Waals surface area contributed by atoms with Crippen molar-refractivity contribution in [3.05, 3.63) is 106 Å². The van der Waals surface area contributed by atoms with E-state index in [1.807, 2.05) is 62.4 Å². The van der Waals surface area contributed by atoms with Gasteiger partial charge in [0, 0.05) is 24.0 Å². The van der Waals surface area contributed by atoms with Gasteiger partial charge in [0.05, 0.1) is 0 Å². The maximum atomic E-state index is 12.6. The molecule has 0 radical (unpaired) electrons. The number of rotatable bonds is 6. The van der Waals surface area contributed by atoms with Gasteiger partial charge in [-0.25, -0.2) is 0 Å². The third-order valence-electron chi connectivity index (χ3n) is 4.48. The second-order valence-electron chi connectivity index (χ2n) is 6.75. The van der Waals surface area contributed by atoms with E-state index in [0.29, 0.717) is 24.0 Å². The first-order valence-electron chi connectivity index (χ1n) is 8.79. The molecule has 0 saturated heterocycles. The van der Waals surface area contributed by atoms with Gasteiger partial charge < -0.3 is 0 Å². The molecular formula is C24H22O2. The van der Waals surface area contributed by atoms with Crippen LogP contribution >= 0.6 is 0 Å². The molecule has 0 saturated carbocycles. The minimum Gasteiger partial charge on any atom is -0.294 e. The summed E-state index contributed by atoms with van der Waals surface area (Å²) in [5.41, 5.74) is 5.48. The highest BCUT2D eigenvalue weighted by Crippen LogP contribution is 2.14. The summed E-state index contributed by atoms with van der Waals surface area (Å²) in [6, 6.07) is 23.0. The fraction of sp³-hybridized carbons (Fsp3) is 0.167. The molecule has 0 heterocycles. The van der Waals surface area contributed by atoms with Crippen molar-refractivity contribution in [1.29, 1.82) is 0 Å². The van der Waals surface area contributed by atoms with Crippen LogP contribution in [0.4, 0.5) is 0 Å². The Morgan fingerprint density at radius 2 is 1.00 bits per heavy atom. The summed E-state index contributed by atoms with van der Waals surface area (Å²) in [6.45, 7) is 4.05. The van der Waals surface area contributed by atoms with Crippen LogP contribution < -0.4 is 0 Å². The number of hydrogen-bond acceptors (Lipinski definition) is 2. The predicted octanol–water partition coefficient (Wildman–Crippen LogP) is 5.15. The Morgan fingerprint density at radius 1 is 0.615 bits per heavy atom. The Kier molecular flexibility index (Phi) is 5.43. The molecule has 2 heteroatoms. The number of ketones is 2. The number of aryl methyl sites for hydroxylation is 2. The van der Waals surface area contributed by atoms with Crippen molar-refractivity contribution < 1.29 is 9.59 Å². The lowest BCUT2D eigenvalue weighted by Crippen LogP contribution is -2.08. The van der Waals surface area contributed by atoms with Gasteiger partial charge in [-0.2, -0.15) is 0 Å². The Morgan fingerprint density at radius 3 is 1.38 bits per heavy atom. The lowest BCUT2D eigenvalue weighted by Gasteiger charge is -2.06. The van der Waals surface area contributed by atoms with Gasteiger partial charge in [-0.05, 0) is 31.0 Å². The zero-order chi connectivity index (χ0) is 18.5. The summed E-state index contributed by atoms with van der Waals surface area (Å²) in [4.78, 5) is 25.1.